The lowest BCUT2D eigenvalue weighted by Gasteiger charge is -2.14. The molecule has 0 atom stereocenters. The molecule has 3 aromatic rings. The number of fused-ring (bicyclic) bond motifs is 1. The predicted molar refractivity (Wildman–Crippen MR) is 113 cm³/mol. The summed E-state index contributed by atoms with van der Waals surface area (Å²) in [5.74, 6) is -0.0587. The fourth-order valence-corrected chi connectivity index (χ4v) is 3.07. The Labute approximate surface area is 165 Å². The molecule has 144 valence electrons. The molecule has 5 heteroatoms. The summed E-state index contributed by atoms with van der Waals surface area (Å²) < 4.78 is 0. The number of carbonyl (C=O) groups excluding carboxylic acids is 2. The summed E-state index contributed by atoms with van der Waals surface area (Å²) in [5, 5.41) is 7.13. The molecule has 0 unspecified atom stereocenters. The van der Waals surface area contributed by atoms with Crippen LogP contribution in [0.4, 0.5) is 11.4 Å². The van der Waals surface area contributed by atoms with Crippen LogP contribution in [0, 0.1) is 0 Å². The Balaban J connectivity index is 1.96. The van der Waals surface area contributed by atoms with Crippen molar-refractivity contribution in [3.63, 3.8) is 0 Å². The molecule has 2 N–H and O–H groups in total. The molecule has 3 rings (SSSR count). The zero-order valence-corrected chi connectivity index (χ0v) is 16.3. The SMILES string of the molecule is CCCCNC(=O)Cc1ccc2ncc(C(C)=O)c(Nc3ccccc3)c2c1. The van der Waals surface area contributed by atoms with Crippen LogP contribution < -0.4 is 10.6 Å². The number of aromatic nitrogens is 1. The molecule has 0 saturated heterocycles. The van der Waals surface area contributed by atoms with Crippen molar-refractivity contribution < 1.29 is 9.59 Å². The Morgan fingerprint density at radius 2 is 1.86 bits per heavy atom. The van der Waals surface area contributed by atoms with Gasteiger partial charge in [0, 0.05) is 23.8 Å². The highest BCUT2D eigenvalue weighted by Crippen LogP contribution is 2.30. The van der Waals surface area contributed by atoms with E-state index in [-0.39, 0.29) is 11.7 Å². The third-order valence-corrected chi connectivity index (χ3v) is 4.57. The van der Waals surface area contributed by atoms with Gasteiger partial charge in [0.25, 0.3) is 0 Å². The topological polar surface area (TPSA) is 71.1 Å². The van der Waals surface area contributed by atoms with Crippen LogP contribution in [-0.4, -0.2) is 23.2 Å². The molecule has 28 heavy (non-hydrogen) atoms. The van der Waals surface area contributed by atoms with Gasteiger partial charge in [-0.3, -0.25) is 14.6 Å². The largest absolute Gasteiger partial charge is 0.356 e. The van der Waals surface area contributed by atoms with Crippen LogP contribution in [0.5, 0.6) is 0 Å². The van der Waals surface area contributed by atoms with Crippen molar-refractivity contribution in [3.05, 3.63) is 65.9 Å². The second-order valence-electron chi connectivity index (χ2n) is 6.83. The maximum Gasteiger partial charge on any atom is 0.224 e. The van der Waals surface area contributed by atoms with Gasteiger partial charge in [0.15, 0.2) is 5.78 Å². The number of para-hydroxylation sites is 1. The molecule has 1 heterocycles. The number of unbranched alkanes of at least 4 members (excludes halogenated alkanes) is 1. The van der Waals surface area contributed by atoms with Crippen molar-refractivity contribution in [2.24, 2.45) is 0 Å². The molecule has 0 bridgehead atoms. The van der Waals surface area contributed by atoms with Crippen LogP contribution >= 0.6 is 0 Å². The Bertz CT molecular complexity index is 984. The van der Waals surface area contributed by atoms with E-state index >= 15 is 0 Å². The minimum atomic E-state index is -0.0597. The highest BCUT2D eigenvalue weighted by Gasteiger charge is 2.14. The summed E-state index contributed by atoms with van der Waals surface area (Å²) >= 11 is 0. The first-order valence-corrected chi connectivity index (χ1v) is 9.60. The maximum absolute atomic E-state index is 12.2. The number of rotatable bonds is 8. The molecular formula is C23H25N3O2. The highest BCUT2D eigenvalue weighted by molar-refractivity contribution is 6.08. The number of ketones is 1. The van der Waals surface area contributed by atoms with Crippen molar-refractivity contribution in [2.75, 3.05) is 11.9 Å². The monoisotopic (exact) mass is 375 g/mol. The van der Waals surface area contributed by atoms with Gasteiger partial charge in [0.2, 0.25) is 5.91 Å². The smallest absolute Gasteiger partial charge is 0.224 e. The van der Waals surface area contributed by atoms with Crippen LogP contribution in [0.25, 0.3) is 10.9 Å². The summed E-state index contributed by atoms with van der Waals surface area (Å²) in [6, 6.07) is 15.5. The van der Waals surface area contributed by atoms with E-state index in [2.05, 4.69) is 22.5 Å². The zero-order chi connectivity index (χ0) is 19.9. The fourth-order valence-electron chi connectivity index (χ4n) is 3.07. The number of pyridine rings is 1. The molecule has 1 aromatic heterocycles. The first-order valence-electron chi connectivity index (χ1n) is 9.60. The van der Waals surface area contributed by atoms with E-state index in [1.165, 1.54) is 6.92 Å². The quantitative estimate of drug-likeness (QED) is 0.444. The summed E-state index contributed by atoms with van der Waals surface area (Å²) in [4.78, 5) is 28.8. The number of nitrogens with zero attached hydrogens (tertiary/aromatic N) is 1. The zero-order valence-electron chi connectivity index (χ0n) is 16.3. The Morgan fingerprint density at radius 3 is 2.57 bits per heavy atom. The molecular weight excluding hydrogens is 350 g/mol. The molecule has 2 aromatic carbocycles. The molecule has 0 radical (unpaired) electrons. The first-order chi connectivity index (χ1) is 13.6. The van der Waals surface area contributed by atoms with Crippen LogP contribution in [0.3, 0.4) is 0 Å². The molecule has 0 saturated carbocycles. The van der Waals surface area contributed by atoms with E-state index in [9.17, 15) is 9.59 Å². The highest BCUT2D eigenvalue weighted by atomic mass is 16.1. The Kier molecular flexibility index (Phi) is 6.37. The van der Waals surface area contributed by atoms with Gasteiger partial charge < -0.3 is 10.6 Å². The van der Waals surface area contributed by atoms with E-state index in [1.54, 1.807) is 6.20 Å². The van der Waals surface area contributed by atoms with Gasteiger partial charge in [-0.1, -0.05) is 37.6 Å². The van der Waals surface area contributed by atoms with Crippen LogP contribution in [-0.2, 0) is 11.2 Å². The van der Waals surface area contributed by atoms with Crippen molar-refractivity contribution in [1.82, 2.24) is 10.3 Å². The fraction of sp³-hybridized carbons (Fsp3) is 0.261. The maximum atomic E-state index is 12.2. The summed E-state index contributed by atoms with van der Waals surface area (Å²) in [6.07, 6.45) is 3.92. The van der Waals surface area contributed by atoms with Gasteiger partial charge in [-0.2, -0.15) is 0 Å². The van der Waals surface area contributed by atoms with Gasteiger partial charge in [0.05, 0.1) is 23.2 Å². The number of carbonyl (C=O) groups is 2. The van der Waals surface area contributed by atoms with Crippen molar-refractivity contribution in [1.29, 1.82) is 0 Å². The van der Waals surface area contributed by atoms with Gasteiger partial charge >= 0.3 is 0 Å². The van der Waals surface area contributed by atoms with Crippen molar-refractivity contribution >= 4 is 34.0 Å². The minimum Gasteiger partial charge on any atom is -0.356 e. The summed E-state index contributed by atoms with van der Waals surface area (Å²) in [7, 11) is 0. The number of nitrogens with one attached hydrogen (secondary N) is 2. The predicted octanol–water partition coefficient (Wildman–Crippen LogP) is 4.64. The van der Waals surface area contributed by atoms with Gasteiger partial charge in [-0.15, -0.1) is 0 Å². The number of Topliss-reactive ketones (excluding diaryl/α,β-unsaturated/α-hetero) is 1. The lowest BCUT2D eigenvalue weighted by Crippen LogP contribution is -2.25. The molecule has 0 aliphatic rings. The summed E-state index contributed by atoms with van der Waals surface area (Å²) in [5.41, 5.74) is 3.80. The Hall–Kier alpha value is -3.21. The van der Waals surface area contributed by atoms with E-state index in [1.807, 2.05) is 48.5 Å². The van der Waals surface area contributed by atoms with Crippen LogP contribution in [0.2, 0.25) is 0 Å². The average Bonchev–Trinajstić information content (AvgIpc) is 2.69. The van der Waals surface area contributed by atoms with E-state index < -0.39 is 0 Å². The number of amides is 1. The van der Waals surface area contributed by atoms with Crippen molar-refractivity contribution in [3.8, 4) is 0 Å². The molecule has 0 spiro atoms. The normalized spacial score (nSPS) is 10.6. The number of anilines is 2. The number of hydrogen-bond acceptors (Lipinski definition) is 4. The number of benzene rings is 2. The molecule has 1 amide bonds. The van der Waals surface area contributed by atoms with E-state index in [0.717, 1.165) is 40.7 Å². The summed E-state index contributed by atoms with van der Waals surface area (Å²) in [6.45, 7) is 4.32. The van der Waals surface area contributed by atoms with Crippen molar-refractivity contribution in [2.45, 2.75) is 33.1 Å². The van der Waals surface area contributed by atoms with E-state index in [0.29, 0.717) is 18.5 Å². The van der Waals surface area contributed by atoms with Crippen LogP contribution in [0.1, 0.15) is 42.6 Å². The number of hydrogen-bond donors (Lipinski definition) is 2. The third kappa shape index (κ3) is 4.74. The second kappa shape index (κ2) is 9.13. The molecule has 0 fully saturated rings. The van der Waals surface area contributed by atoms with Gasteiger partial charge in [-0.05, 0) is 43.2 Å². The van der Waals surface area contributed by atoms with Gasteiger partial charge in [-0.25, -0.2) is 0 Å². The molecule has 5 nitrogen and oxygen atoms in total. The average molecular weight is 375 g/mol. The second-order valence-corrected chi connectivity index (χ2v) is 6.83. The lowest BCUT2D eigenvalue weighted by molar-refractivity contribution is -0.120. The van der Waals surface area contributed by atoms with E-state index in [4.69, 9.17) is 0 Å². The molecule has 0 aliphatic heterocycles. The lowest BCUT2D eigenvalue weighted by atomic mass is 10.0. The third-order valence-electron chi connectivity index (χ3n) is 4.57. The standard InChI is InChI=1S/C23H25N3O2/c1-3-4-12-24-22(28)14-17-10-11-21-19(13-17)23(20(15-25-21)16(2)27)26-18-8-6-5-7-9-18/h5-11,13,15H,3-4,12,14H2,1-2H3,(H,24,28)(H,25,26). The van der Waals surface area contributed by atoms with Crippen LogP contribution in [0.15, 0.2) is 54.7 Å². The Morgan fingerprint density at radius 1 is 1.07 bits per heavy atom. The van der Waals surface area contributed by atoms with Gasteiger partial charge in [0.1, 0.15) is 0 Å². The first kappa shape index (κ1) is 19.5. The molecule has 0 aliphatic carbocycles. The minimum absolute atomic E-state index is 0.000972.